The number of hydrogen-bond acceptors (Lipinski definition) is 0. The quantitative estimate of drug-likeness (QED) is 0.0849. The van der Waals surface area contributed by atoms with Gasteiger partial charge in [-0.15, -0.1) is 11.6 Å². The van der Waals surface area contributed by atoms with E-state index in [4.69, 9.17) is 6.58 Å². The first-order valence-corrected chi connectivity index (χ1v) is 20.2. The summed E-state index contributed by atoms with van der Waals surface area (Å²) in [5, 5.41) is 6.29. The third-order valence-corrected chi connectivity index (χ3v) is 16.9. The van der Waals surface area contributed by atoms with Crippen LogP contribution in [0.1, 0.15) is 42.4 Å². The normalized spacial score (nSPS) is 15.9. The molecule has 1 radical (unpaired) electrons. The van der Waals surface area contributed by atoms with Gasteiger partial charge in [0.1, 0.15) is 11.3 Å². The van der Waals surface area contributed by atoms with Gasteiger partial charge >= 0.3 is 22.4 Å². The van der Waals surface area contributed by atoms with Gasteiger partial charge in [0.05, 0.1) is 37.1 Å². The Morgan fingerprint density at radius 1 is 0.469 bits per heavy atom. The van der Waals surface area contributed by atoms with E-state index in [0.29, 0.717) is 0 Å². The van der Waals surface area contributed by atoms with E-state index in [-0.39, 0.29) is 44.8 Å². The molecule has 0 amide bonds. The molecule has 1 saturated carbocycles. The number of benzene rings is 6. The molecule has 2 atom stereocenters. The maximum atomic E-state index is 5.63. The van der Waals surface area contributed by atoms with Crippen LogP contribution < -0.4 is 21.2 Å². The third kappa shape index (κ3) is 8.66. The predicted molar refractivity (Wildman–Crippen MR) is 210 cm³/mol. The minimum absolute atomic E-state index is 0. The molecule has 0 nitrogen and oxygen atoms in total. The van der Waals surface area contributed by atoms with Crippen LogP contribution in [0.15, 0.2) is 164 Å². The predicted octanol–water partition coefficient (Wildman–Crippen LogP) is 9.73. The van der Waals surface area contributed by atoms with E-state index in [1.165, 1.54) is 47.9 Å². The van der Waals surface area contributed by atoms with Crippen molar-refractivity contribution in [2.45, 2.75) is 43.4 Å². The maximum absolute atomic E-state index is 5.63. The van der Waals surface area contributed by atoms with Crippen LogP contribution in [0.4, 0.5) is 0 Å². The molecule has 0 aliphatic heterocycles. The van der Waals surface area contributed by atoms with E-state index in [2.05, 4.69) is 164 Å². The summed E-state index contributed by atoms with van der Waals surface area (Å²) in [4.78, 5) is 0. The van der Waals surface area contributed by atoms with Crippen molar-refractivity contribution < 1.29 is 44.8 Å². The summed E-state index contributed by atoms with van der Waals surface area (Å²) < 4.78 is 0. The molecular weight excluding hydrogens is 996 g/mol. The molecule has 8 rings (SSSR count). The Bertz CT molecular complexity index is 1730. The molecule has 6 aromatic rings. The van der Waals surface area contributed by atoms with Crippen molar-refractivity contribution >= 4 is 43.1 Å². The van der Waals surface area contributed by atoms with Gasteiger partial charge in [0, 0.05) is 22.4 Å². The topological polar surface area (TPSA) is 0 Å². The molecule has 1 fully saturated rings. The van der Waals surface area contributed by atoms with Crippen molar-refractivity contribution in [3.63, 3.8) is 0 Å². The van der Waals surface area contributed by atoms with Gasteiger partial charge < -0.3 is 0 Å². The van der Waals surface area contributed by atoms with E-state index < -0.39 is 15.8 Å². The molecule has 2 aliphatic carbocycles. The molecule has 0 spiro atoms. The number of hydrogen-bond donors (Lipinski definition) is 0. The molecule has 0 saturated heterocycles. The molecule has 0 bridgehead atoms. The third-order valence-electron chi connectivity index (χ3n) is 9.91. The zero-order valence-corrected chi connectivity index (χ0v) is 33.9. The summed E-state index contributed by atoms with van der Waals surface area (Å²) in [6.45, 7) is 5.63. The molecule has 49 heavy (non-hydrogen) atoms. The Kier molecular flexibility index (Phi) is 14.3. The van der Waals surface area contributed by atoms with Crippen LogP contribution in [0.2, 0.25) is 0 Å². The fourth-order valence-electron chi connectivity index (χ4n) is 7.82. The summed E-state index contributed by atoms with van der Waals surface area (Å²) in [7, 11) is -1.76. The Balaban J connectivity index is 0.000000231. The van der Waals surface area contributed by atoms with Crippen molar-refractivity contribution in [3.05, 3.63) is 187 Å². The molecule has 2 aliphatic rings. The fraction of sp³-hybridized carbons (Fsp3) is 0.156. The number of fused-ring (bicyclic) bond motifs is 3. The number of rotatable bonds is 7. The summed E-state index contributed by atoms with van der Waals surface area (Å²) in [6, 6.07) is 60.6. The molecule has 2 unspecified atom stereocenters. The van der Waals surface area contributed by atoms with E-state index in [1.54, 1.807) is 27.3 Å². The average Bonchev–Trinajstić information content (AvgIpc) is 3.54. The molecule has 6 aromatic carbocycles. The van der Waals surface area contributed by atoms with E-state index in [1.807, 2.05) is 0 Å². The van der Waals surface area contributed by atoms with Crippen LogP contribution in [-0.2, 0) is 51.2 Å². The molecule has 253 valence electrons. The first-order valence-electron chi connectivity index (χ1n) is 17.0. The smallest absolute Gasteiger partial charge is 0.292 e. The van der Waals surface area contributed by atoms with E-state index >= 15 is 0 Å². The minimum atomic E-state index is -0.882. The van der Waals surface area contributed by atoms with Crippen LogP contribution in [0.25, 0.3) is 17.2 Å². The van der Waals surface area contributed by atoms with Gasteiger partial charge in [0.15, 0.2) is 0 Å². The Labute approximate surface area is 327 Å². The Morgan fingerprint density at radius 2 is 0.857 bits per heavy atom. The van der Waals surface area contributed by atoms with E-state index in [9.17, 15) is 0 Å². The zero-order valence-electron chi connectivity index (χ0n) is 27.5. The van der Waals surface area contributed by atoms with Gasteiger partial charge in [-0.2, -0.15) is 5.56 Å². The van der Waals surface area contributed by atoms with Crippen molar-refractivity contribution in [2.24, 2.45) is 0 Å². The molecular formula is C45H43Au2P2+2. The second kappa shape index (κ2) is 18.6. The Morgan fingerprint density at radius 3 is 1.29 bits per heavy atom. The van der Waals surface area contributed by atoms with Crippen molar-refractivity contribution in [1.29, 1.82) is 0 Å². The summed E-state index contributed by atoms with van der Waals surface area (Å²) >= 11 is 0. The van der Waals surface area contributed by atoms with Crippen LogP contribution in [-0.4, -0.2) is 11.3 Å². The standard InChI is InChI=1S/C30H30P2.C15H11.2Au/c1-5-15-25(16-6-1)31(26-17-7-2-8-18-26)29-23-13-14-24-30(29)32(27-19-9-3-10-20-27)28-21-11-4-12-22-28;1-2-11-7-5-9-14-13-8-4-3-6-12(13)10-15(11)14;;/h1-12,15-22,29-30H,13-14,23-24H2;1-9H,10H2;;/q;-1;;+1/p+2. The second-order valence-electron chi connectivity index (χ2n) is 12.7. The SMILES string of the molecule is [Au+].[Au].[CH-]=Cc1cccc2c1Cc1ccccc1-2.c1ccc([PH+](c2ccccc2)C2CCCCC2[PH+](c2ccccc2)c2ccccc2)cc1. The van der Waals surface area contributed by atoms with E-state index in [0.717, 1.165) is 23.3 Å². The van der Waals surface area contributed by atoms with Gasteiger partial charge in [-0.3, -0.25) is 6.58 Å². The summed E-state index contributed by atoms with van der Waals surface area (Å²) in [5.74, 6) is 0. The van der Waals surface area contributed by atoms with Crippen molar-refractivity contribution in [3.8, 4) is 11.1 Å². The second-order valence-corrected chi connectivity index (χ2v) is 18.1. The van der Waals surface area contributed by atoms with Gasteiger partial charge in [0.2, 0.25) is 0 Å². The molecule has 0 N–H and O–H groups in total. The molecule has 4 heteroatoms. The van der Waals surface area contributed by atoms with Crippen LogP contribution in [0.3, 0.4) is 0 Å². The van der Waals surface area contributed by atoms with Gasteiger partial charge in [-0.1, -0.05) is 109 Å². The van der Waals surface area contributed by atoms with Crippen LogP contribution in [0, 0.1) is 6.58 Å². The molecule has 0 aromatic heterocycles. The Hall–Kier alpha value is -2.60. The molecule has 0 heterocycles. The fourth-order valence-corrected chi connectivity index (χ4v) is 15.5. The van der Waals surface area contributed by atoms with Crippen molar-refractivity contribution in [1.82, 2.24) is 0 Å². The monoisotopic (exact) mass is 1040 g/mol. The maximum Gasteiger partial charge on any atom is 1.00 e. The first kappa shape index (κ1) is 37.7. The minimum Gasteiger partial charge on any atom is -0.292 e. The van der Waals surface area contributed by atoms with Gasteiger partial charge in [-0.25, -0.2) is 6.08 Å². The van der Waals surface area contributed by atoms with Gasteiger partial charge in [-0.05, 0) is 97.3 Å². The van der Waals surface area contributed by atoms with Crippen LogP contribution >= 0.6 is 15.8 Å². The summed E-state index contributed by atoms with van der Waals surface area (Å²) in [5.41, 5.74) is 8.13. The van der Waals surface area contributed by atoms with Crippen molar-refractivity contribution in [2.75, 3.05) is 0 Å². The van der Waals surface area contributed by atoms with Gasteiger partial charge in [0.25, 0.3) is 0 Å². The zero-order chi connectivity index (χ0) is 31.8. The average molecular weight is 1040 g/mol. The van der Waals surface area contributed by atoms with Crippen LogP contribution in [0.5, 0.6) is 0 Å². The largest absolute Gasteiger partial charge is 1.00 e. The first-order chi connectivity index (χ1) is 23.3. The summed E-state index contributed by atoms with van der Waals surface area (Å²) in [6.07, 6.45) is 8.16.